The summed E-state index contributed by atoms with van der Waals surface area (Å²) in [5.41, 5.74) is 2.02. The van der Waals surface area contributed by atoms with Crippen molar-refractivity contribution in [3.8, 4) is 0 Å². The van der Waals surface area contributed by atoms with E-state index in [1.165, 1.54) is 12.1 Å². The highest BCUT2D eigenvalue weighted by atomic mass is 16.6. The largest absolute Gasteiger partial charge is 0.319 e. The third-order valence-corrected chi connectivity index (χ3v) is 4.96. The second-order valence-corrected chi connectivity index (χ2v) is 7.71. The van der Waals surface area contributed by atoms with Crippen molar-refractivity contribution >= 4 is 29.0 Å². The molecule has 0 aliphatic carbocycles. The van der Waals surface area contributed by atoms with Gasteiger partial charge in [0.2, 0.25) is 11.8 Å². The van der Waals surface area contributed by atoms with Crippen LogP contribution in [0.1, 0.15) is 22.9 Å². The maximum Gasteiger partial charge on any atom is 0.293 e. The number of hydrogen-bond donors (Lipinski definition) is 2. The number of carbonyl (C=O) groups excluding carboxylic acids is 2. The first kappa shape index (κ1) is 23.6. The van der Waals surface area contributed by atoms with E-state index >= 15 is 0 Å². The van der Waals surface area contributed by atoms with Crippen molar-refractivity contribution in [3.05, 3.63) is 93.7 Å². The van der Waals surface area contributed by atoms with Crippen molar-refractivity contribution in [1.29, 1.82) is 0 Å². The number of benzene rings is 2. The molecular formula is C24H25N5O4. The molecule has 3 aromatic rings. The van der Waals surface area contributed by atoms with Gasteiger partial charge >= 0.3 is 0 Å². The normalized spacial score (nSPS) is 11.6. The molecule has 33 heavy (non-hydrogen) atoms. The van der Waals surface area contributed by atoms with E-state index in [0.717, 1.165) is 5.69 Å². The van der Waals surface area contributed by atoms with E-state index in [1.807, 2.05) is 19.1 Å². The van der Waals surface area contributed by atoms with E-state index in [0.29, 0.717) is 16.9 Å². The fraction of sp³-hybridized carbons (Fsp3) is 0.208. The van der Waals surface area contributed by atoms with Gasteiger partial charge in [-0.25, -0.2) is 4.98 Å². The van der Waals surface area contributed by atoms with E-state index in [2.05, 4.69) is 15.6 Å². The van der Waals surface area contributed by atoms with Crippen molar-refractivity contribution < 1.29 is 14.5 Å². The molecule has 1 atom stereocenters. The first-order valence-electron chi connectivity index (χ1n) is 10.3. The average Bonchev–Trinajstić information content (AvgIpc) is 2.75. The molecule has 0 spiro atoms. The second kappa shape index (κ2) is 10.5. The smallest absolute Gasteiger partial charge is 0.293 e. The zero-order valence-electron chi connectivity index (χ0n) is 18.6. The van der Waals surface area contributed by atoms with Gasteiger partial charge in [-0.05, 0) is 50.2 Å². The summed E-state index contributed by atoms with van der Waals surface area (Å²) < 4.78 is 0. The first-order valence-corrected chi connectivity index (χ1v) is 10.3. The van der Waals surface area contributed by atoms with Crippen LogP contribution >= 0.6 is 0 Å². The summed E-state index contributed by atoms with van der Waals surface area (Å²) in [6.07, 6.45) is 0. The first-order chi connectivity index (χ1) is 15.7. The number of aryl methyl sites for hydroxylation is 2. The van der Waals surface area contributed by atoms with Gasteiger partial charge in [0.05, 0.1) is 11.5 Å². The van der Waals surface area contributed by atoms with Gasteiger partial charge in [0.1, 0.15) is 17.5 Å². The number of pyridine rings is 1. The summed E-state index contributed by atoms with van der Waals surface area (Å²) in [6, 6.07) is 18.0. The van der Waals surface area contributed by atoms with Crippen molar-refractivity contribution in [2.24, 2.45) is 0 Å². The van der Waals surface area contributed by atoms with Crippen LogP contribution < -0.4 is 10.6 Å². The van der Waals surface area contributed by atoms with Crippen LogP contribution in [0.4, 0.5) is 17.2 Å². The van der Waals surface area contributed by atoms with Gasteiger partial charge in [-0.3, -0.25) is 24.6 Å². The molecule has 2 amide bonds. The lowest BCUT2D eigenvalue weighted by Gasteiger charge is -2.27. The molecule has 0 bridgehead atoms. The number of amides is 2. The molecule has 1 unspecified atom stereocenters. The van der Waals surface area contributed by atoms with Crippen LogP contribution in [-0.4, -0.2) is 40.2 Å². The van der Waals surface area contributed by atoms with Gasteiger partial charge in [0.15, 0.2) is 0 Å². The number of carbonyl (C=O) groups is 2. The number of nitro groups is 1. The van der Waals surface area contributed by atoms with E-state index < -0.39 is 16.9 Å². The zero-order valence-corrected chi connectivity index (χ0v) is 18.6. The lowest BCUT2D eigenvalue weighted by molar-refractivity contribution is -0.384. The highest BCUT2D eigenvalue weighted by Crippen LogP contribution is 2.28. The van der Waals surface area contributed by atoms with Crippen LogP contribution in [0.25, 0.3) is 0 Å². The maximum absolute atomic E-state index is 13.3. The number of anilines is 2. The van der Waals surface area contributed by atoms with Crippen LogP contribution in [0.15, 0.2) is 66.7 Å². The molecule has 0 fully saturated rings. The summed E-state index contributed by atoms with van der Waals surface area (Å²) in [7, 11) is 1.64. The highest BCUT2D eigenvalue weighted by molar-refractivity contribution is 5.98. The highest BCUT2D eigenvalue weighted by Gasteiger charge is 2.28. The topological polar surface area (TPSA) is 117 Å². The molecule has 0 saturated carbocycles. The van der Waals surface area contributed by atoms with Crippen LogP contribution in [-0.2, 0) is 9.59 Å². The Labute approximate surface area is 191 Å². The lowest BCUT2D eigenvalue weighted by Crippen LogP contribution is -2.39. The molecule has 1 aromatic heterocycles. The summed E-state index contributed by atoms with van der Waals surface area (Å²) in [5, 5.41) is 16.8. The minimum Gasteiger partial charge on any atom is -0.319 e. The number of hydrogen-bond acceptors (Lipinski definition) is 6. The van der Waals surface area contributed by atoms with Gasteiger partial charge in [-0.15, -0.1) is 0 Å². The van der Waals surface area contributed by atoms with Crippen molar-refractivity contribution in [2.45, 2.75) is 19.9 Å². The van der Waals surface area contributed by atoms with Crippen molar-refractivity contribution in [1.82, 2.24) is 9.88 Å². The summed E-state index contributed by atoms with van der Waals surface area (Å²) in [5.74, 6) is -0.410. The molecular weight excluding hydrogens is 422 g/mol. The van der Waals surface area contributed by atoms with E-state index in [1.54, 1.807) is 61.3 Å². The fourth-order valence-electron chi connectivity index (χ4n) is 3.45. The fourth-order valence-corrected chi connectivity index (χ4v) is 3.45. The summed E-state index contributed by atoms with van der Waals surface area (Å²) in [6.45, 7) is 3.46. The van der Waals surface area contributed by atoms with Gasteiger partial charge in [-0.1, -0.05) is 42.5 Å². The number of nitro benzene ring substituents is 1. The Balaban J connectivity index is 1.82. The lowest BCUT2D eigenvalue weighted by atomic mass is 10.0. The monoisotopic (exact) mass is 447 g/mol. The van der Waals surface area contributed by atoms with Crippen molar-refractivity contribution in [2.75, 3.05) is 24.2 Å². The second-order valence-electron chi connectivity index (χ2n) is 7.71. The van der Waals surface area contributed by atoms with E-state index in [4.69, 9.17) is 0 Å². The molecule has 9 heteroatoms. The summed E-state index contributed by atoms with van der Waals surface area (Å²) in [4.78, 5) is 42.7. The Bertz CT molecular complexity index is 1170. The zero-order chi connectivity index (χ0) is 24.0. The SMILES string of the molecule is Cc1ccc(NC(=O)C(c2ccccc2)N(C)CC(=O)Nc2cccc(C)n2)c([N+](=O)[O-])c1. The molecule has 0 aliphatic rings. The Morgan fingerprint density at radius 2 is 1.76 bits per heavy atom. The molecule has 9 nitrogen and oxygen atoms in total. The molecule has 0 saturated heterocycles. The van der Waals surface area contributed by atoms with Crippen LogP contribution in [0, 0.1) is 24.0 Å². The predicted octanol–water partition coefficient (Wildman–Crippen LogP) is 3.86. The molecule has 2 N–H and O–H groups in total. The van der Waals surface area contributed by atoms with Gasteiger partial charge < -0.3 is 10.6 Å². The van der Waals surface area contributed by atoms with E-state index in [9.17, 15) is 19.7 Å². The third kappa shape index (κ3) is 6.20. The molecule has 170 valence electrons. The Morgan fingerprint density at radius 3 is 2.42 bits per heavy atom. The Hall–Kier alpha value is -4.11. The standard InChI is InChI=1S/C24H25N5O4/c1-16-12-13-19(20(14-16)29(32)33)26-24(31)23(18-9-5-4-6-10-18)28(3)15-22(30)27-21-11-7-8-17(2)25-21/h4-14,23H,15H2,1-3H3,(H,26,31)(H,25,27,30). The molecule has 1 heterocycles. The van der Waals surface area contributed by atoms with Gasteiger partial charge in [-0.2, -0.15) is 0 Å². The summed E-state index contributed by atoms with van der Waals surface area (Å²) >= 11 is 0. The third-order valence-electron chi connectivity index (χ3n) is 4.96. The molecule has 2 aromatic carbocycles. The minimum absolute atomic E-state index is 0.0957. The molecule has 3 rings (SSSR count). The molecule has 0 aliphatic heterocycles. The van der Waals surface area contributed by atoms with Crippen molar-refractivity contribution in [3.63, 3.8) is 0 Å². The number of aromatic nitrogens is 1. The van der Waals surface area contributed by atoms with E-state index in [-0.39, 0.29) is 23.8 Å². The van der Waals surface area contributed by atoms with Crippen LogP contribution in [0.3, 0.4) is 0 Å². The number of nitrogens with one attached hydrogen (secondary N) is 2. The number of nitrogens with zero attached hydrogens (tertiary/aromatic N) is 3. The quantitative estimate of drug-likeness (QED) is 0.400. The van der Waals surface area contributed by atoms with Crippen LogP contribution in [0.5, 0.6) is 0 Å². The van der Waals surface area contributed by atoms with Crippen LogP contribution in [0.2, 0.25) is 0 Å². The minimum atomic E-state index is -0.858. The Morgan fingerprint density at radius 1 is 1.03 bits per heavy atom. The maximum atomic E-state index is 13.3. The van der Waals surface area contributed by atoms with Gasteiger partial charge in [0.25, 0.3) is 5.69 Å². The average molecular weight is 447 g/mol. The molecule has 0 radical (unpaired) electrons. The number of rotatable bonds is 8. The predicted molar refractivity (Wildman–Crippen MR) is 126 cm³/mol. The Kier molecular flexibility index (Phi) is 7.47. The van der Waals surface area contributed by atoms with Gasteiger partial charge in [0, 0.05) is 11.8 Å². The number of likely N-dealkylation sites (N-methyl/N-ethyl adjacent to an activating group) is 1.